The first-order valence-electron chi connectivity index (χ1n) is 28.4. The number of nitrogens with two attached hydrogens (primary N) is 3. The smallest absolute Gasteiger partial charge is 0.407 e. The summed E-state index contributed by atoms with van der Waals surface area (Å²) in [6, 6.07) is 0. The molecule has 0 unspecified atom stereocenters. The van der Waals surface area contributed by atoms with E-state index in [1.54, 1.807) is 20.8 Å². The van der Waals surface area contributed by atoms with E-state index in [9.17, 15) is 28.8 Å². The summed E-state index contributed by atoms with van der Waals surface area (Å²) in [6.45, 7) is 13.4. The quantitative estimate of drug-likeness (QED) is 0.0263. The van der Waals surface area contributed by atoms with Crippen molar-refractivity contribution in [1.82, 2.24) is 31.9 Å². The van der Waals surface area contributed by atoms with E-state index in [2.05, 4.69) is 31.9 Å². The first kappa shape index (κ1) is 78.9. The SMILES string of the molecule is CC(C)(C)OC(=O)NCCOCCOCCNC(=O)COCC(=O)NC(COCCC(=O)NCCOCCOCCOCCN)(COCCC(=O)NCCOCCOCCOCCN)COCCC(=O)NCCOCCOCCOCCN. The second-order valence-electron chi connectivity index (χ2n) is 18.7. The Morgan fingerprint density at radius 3 is 0.867 bits per heavy atom. The minimum atomic E-state index is -1.45. The summed E-state index contributed by atoms with van der Waals surface area (Å²) in [7, 11) is 0. The van der Waals surface area contributed by atoms with Gasteiger partial charge in [-0.05, 0) is 20.8 Å². The predicted molar refractivity (Wildman–Crippen MR) is 300 cm³/mol. The van der Waals surface area contributed by atoms with Gasteiger partial charge in [0.2, 0.25) is 29.5 Å². The number of carbonyl (C=O) groups is 6. The Morgan fingerprint density at radius 2 is 0.566 bits per heavy atom. The van der Waals surface area contributed by atoms with Crippen molar-refractivity contribution in [3.8, 4) is 0 Å². The van der Waals surface area contributed by atoms with E-state index in [0.29, 0.717) is 119 Å². The Balaban J connectivity index is 5.47. The lowest BCUT2D eigenvalue weighted by atomic mass is 10.0. The van der Waals surface area contributed by atoms with Gasteiger partial charge in [0, 0.05) is 71.6 Å². The fraction of sp³-hybridized carbons (Fsp3) is 0.885. The van der Waals surface area contributed by atoms with Crippen molar-refractivity contribution < 1.29 is 105 Å². The fourth-order valence-corrected chi connectivity index (χ4v) is 6.20. The van der Waals surface area contributed by atoms with E-state index in [4.69, 9.17) is 93.0 Å². The molecule has 6 amide bonds. The Hall–Kier alpha value is -4.10. The van der Waals surface area contributed by atoms with Crippen molar-refractivity contribution in [2.45, 2.75) is 51.2 Å². The maximum absolute atomic E-state index is 13.6. The highest BCUT2D eigenvalue weighted by Gasteiger charge is 2.34. The Kier molecular flexibility index (Phi) is 55.4. The fourth-order valence-electron chi connectivity index (χ4n) is 6.20. The van der Waals surface area contributed by atoms with Crippen molar-refractivity contribution in [2.75, 3.05) is 251 Å². The molecule has 0 aliphatic carbocycles. The van der Waals surface area contributed by atoms with Crippen molar-refractivity contribution in [1.29, 1.82) is 0 Å². The van der Waals surface area contributed by atoms with Crippen LogP contribution < -0.4 is 49.1 Å². The Morgan fingerprint density at radius 1 is 0.301 bits per heavy atom. The van der Waals surface area contributed by atoms with Crippen LogP contribution in [0.1, 0.15) is 40.0 Å². The van der Waals surface area contributed by atoms with Gasteiger partial charge in [0.05, 0.1) is 185 Å². The van der Waals surface area contributed by atoms with Gasteiger partial charge in [-0.3, -0.25) is 24.0 Å². The average molecular weight is 1210 g/mol. The van der Waals surface area contributed by atoms with Gasteiger partial charge in [0.1, 0.15) is 24.4 Å². The molecule has 31 heteroatoms. The standard InChI is InChI=1S/C52H103N9O22/c1-51(2,3)83-50(67)60-14-25-75-30-29-74-24-13-59-48(65)40-82-41-49(66)61-52(42-79-15-4-45(62)56-10-21-71-31-37-76-34-26-68-18-7-53,43-80-16-5-46(63)57-11-22-72-32-38-77-35-27-69-19-8-54)44-81-17-6-47(64)58-12-23-73-33-39-78-36-28-70-20-9-55/h4-44,53-55H2,1-3H3,(H,56,62)(H,57,63)(H,58,64)(H,59,65)(H,60,67)(H,61,66). The average Bonchev–Trinajstić information content (AvgIpc) is 3.44. The van der Waals surface area contributed by atoms with Crippen LogP contribution in [0.25, 0.3) is 0 Å². The van der Waals surface area contributed by atoms with Crippen LogP contribution in [0.15, 0.2) is 0 Å². The maximum Gasteiger partial charge on any atom is 0.407 e. The molecule has 0 heterocycles. The summed E-state index contributed by atoms with van der Waals surface area (Å²) in [4.78, 5) is 76.0. The minimum absolute atomic E-state index is 0.0496. The second kappa shape index (κ2) is 58.3. The van der Waals surface area contributed by atoms with E-state index in [0.717, 1.165) is 0 Å². The van der Waals surface area contributed by atoms with Crippen molar-refractivity contribution >= 4 is 35.6 Å². The van der Waals surface area contributed by atoms with Crippen LogP contribution in [0.5, 0.6) is 0 Å². The van der Waals surface area contributed by atoms with Gasteiger partial charge in [-0.2, -0.15) is 0 Å². The summed E-state index contributed by atoms with van der Waals surface area (Å²) in [5.41, 5.74) is 14.1. The molecule has 0 saturated heterocycles. The minimum Gasteiger partial charge on any atom is -0.444 e. The third kappa shape index (κ3) is 58.1. The predicted octanol–water partition coefficient (Wildman–Crippen LogP) is -3.87. The molecular formula is C52H103N9O22. The van der Waals surface area contributed by atoms with Gasteiger partial charge < -0.3 is 125 Å². The molecule has 31 nitrogen and oxygen atoms in total. The van der Waals surface area contributed by atoms with E-state index in [1.165, 1.54) is 0 Å². The molecular weight excluding hydrogens is 1100 g/mol. The third-order valence-electron chi connectivity index (χ3n) is 10.0. The van der Waals surface area contributed by atoms with Crippen molar-refractivity contribution in [3.05, 3.63) is 0 Å². The summed E-state index contributed by atoms with van der Waals surface area (Å²) in [5.74, 6) is -2.14. The maximum atomic E-state index is 13.6. The van der Waals surface area contributed by atoms with Gasteiger partial charge in [0.25, 0.3) is 0 Å². The lowest BCUT2D eigenvalue weighted by Crippen LogP contribution is -2.59. The Labute approximate surface area is 489 Å². The molecule has 0 aliphatic rings. The van der Waals surface area contributed by atoms with E-state index in [-0.39, 0.29) is 156 Å². The van der Waals surface area contributed by atoms with Crippen molar-refractivity contribution in [3.63, 3.8) is 0 Å². The van der Waals surface area contributed by atoms with Crippen LogP contribution >= 0.6 is 0 Å². The molecule has 0 atom stereocenters. The molecule has 0 saturated carbocycles. The highest BCUT2D eigenvalue weighted by Crippen LogP contribution is 2.11. The normalized spacial score (nSPS) is 11.6. The van der Waals surface area contributed by atoms with E-state index < -0.39 is 42.3 Å². The number of nitrogens with one attached hydrogen (secondary N) is 6. The monoisotopic (exact) mass is 1210 g/mol. The molecule has 0 aromatic carbocycles. The van der Waals surface area contributed by atoms with Crippen LogP contribution in [0, 0.1) is 0 Å². The van der Waals surface area contributed by atoms with Crippen molar-refractivity contribution in [2.24, 2.45) is 17.2 Å². The number of ether oxygens (including phenoxy) is 16. The Bertz CT molecular complexity index is 1470. The molecule has 0 rings (SSSR count). The zero-order chi connectivity index (χ0) is 61.0. The lowest BCUT2D eigenvalue weighted by molar-refractivity contribution is -0.136. The summed E-state index contributed by atoms with van der Waals surface area (Å²) < 4.78 is 88.0. The zero-order valence-electron chi connectivity index (χ0n) is 49.7. The molecule has 0 bridgehead atoms. The van der Waals surface area contributed by atoms with Gasteiger partial charge in [-0.1, -0.05) is 0 Å². The van der Waals surface area contributed by atoms with Gasteiger partial charge >= 0.3 is 6.09 Å². The number of rotatable bonds is 62. The van der Waals surface area contributed by atoms with Crippen LogP contribution in [-0.2, 0) is 99.8 Å². The highest BCUT2D eigenvalue weighted by molar-refractivity contribution is 5.80. The highest BCUT2D eigenvalue weighted by atomic mass is 16.6. The molecule has 0 fully saturated rings. The molecule has 488 valence electrons. The second-order valence-corrected chi connectivity index (χ2v) is 18.7. The first-order valence-corrected chi connectivity index (χ1v) is 28.4. The van der Waals surface area contributed by atoms with E-state index in [1.807, 2.05) is 0 Å². The van der Waals surface area contributed by atoms with Crippen LogP contribution in [0.2, 0.25) is 0 Å². The van der Waals surface area contributed by atoms with Crippen LogP contribution in [0.4, 0.5) is 4.79 Å². The van der Waals surface area contributed by atoms with Crippen LogP contribution in [-0.4, -0.2) is 297 Å². The summed E-state index contributed by atoms with van der Waals surface area (Å²) in [5, 5.41) is 16.4. The number of amides is 6. The topological polar surface area (TPSA) is 400 Å². The molecule has 0 radical (unpaired) electrons. The summed E-state index contributed by atoms with van der Waals surface area (Å²) >= 11 is 0. The van der Waals surface area contributed by atoms with Gasteiger partial charge in [0.15, 0.2) is 0 Å². The van der Waals surface area contributed by atoms with Gasteiger partial charge in [-0.15, -0.1) is 0 Å². The molecule has 12 N–H and O–H groups in total. The van der Waals surface area contributed by atoms with E-state index >= 15 is 0 Å². The molecule has 0 aromatic rings. The van der Waals surface area contributed by atoms with Crippen LogP contribution in [0.3, 0.4) is 0 Å². The van der Waals surface area contributed by atoms with Gasteiger partial charge in [-0.25, -0.2) is 4.79 Å². The number of carbonyl (C=O) groups excluding carboxylic acids is 6. The summed E-state index contributed by atoms with van der Waals surface area (Å²) in [6.07, 6.45) is -0.688. The third-order valence-corrected chi connectivity index (χ3v) is 10.0. The number of hydrogen-bond donors (Lipinski definition) is 9. The molecule has 0 spiro atoms. The number of hydrogen-bond acceptors (Lipinski definition) is 25. The molecule has 0 aliphatic heterocycles. The lowest BCUT2D eigenvalue weighted by Gasteiger charge is -2.34. The molecule has 0 aromatic heterocycles. The first-order chi connectivity index (χ1) is 40.3. The largest absolute Gasteiger partial charge is 0.444 e. The zero-order valence-corrected chi connectivity index (χ0v) is 49.7. The number of alkyl carbamates (subject to hydrolysis) is 1. The molecule has 83 heavy (non-hydrogen) atoms.